The van der Waals surface area contributed by atoms with Gasteiger partial charge in [-0.05, 0) is 30.9 Å². The number of aryl methyl sites for hydroxylation is 1. The number of nitrogens with zero attached hydrogens (tertiary/aromatic N) is 1. The van der Waals surface area contributed by atoms with Crippen molar-refractivity contribution in [2.75, 3.05) is 14.1 Å². The van der Waals surface area contributed by atoms with E-state index < -0.39 is 22.0 Å². The molecule has 1 N–H and O–H groups in total. The molecular formula is C13H19NO4S. The van der Waals surface area contributed by atoms with Gasteiger partial charge in [-0.25, -0.2) is 0 Å². The number of hydrogen-bond acceptors (Lipinski definition) is 4. The van der Waals surface area contributed by atoms with E-state index in [4.69, 9.17) is 4.18 Å². The Kier molecular flexibility index (Phi) is 3.70. The number of benzene rings is 1. The summed E-state index contributed by atoms with van der Waals surface area (Å²) >= 11 is 0. The summed E-state index contributed by atoms with van der Waals surface area (Å²) in [6, 6.07) is 7.50. The first kappa shape index (κ1) is 14.5. The largest absolute Gasteiger partial charge is 0.383 e. The molecule has 1 aliphatic rings. The summed E-state index contributed by atoms with van der Waals surface area (Å²) in [4.78, 5) is 0. The van der Waals surface area contributed by atoms with Crippen LogP contribution in [0.3, 0.4) is 0 Å². The molecule has 6 heteroatoms. The molecule has 2 atom stereocenters. The second-order valence-electron chi connectivity index (χ2n) is 5.17. The van der Waals surface area contributed by atoms with E-state index in [1.165, 1.54) is 14.1 Å². The molecule has 0 fully saturated rings. The van der Waals surface area contributed by atoms with Gasteiger partial charge in [-0.3, -0.25) is 4.18 Å². The molecule has 0 radical (unpaired) electrons. The van der Waals surface area contributed by atoms with E-state index in [-0.39, 0.29) is 0 Å². The first-order valence-corrected chi connectivity index (χ1v) is 7.53. The predicted molar refractivity (Wildman–Crippen MR) is 71.8 cm³/mol. The predicted octanol–water partition coefficient (Wildman–Crippen LogP) is 1.03. The lowest BCUT2D eigenvalue weighted by Crippen LogP contribution is -2.45. The van der Waals surface area contributed by atoms with Crippen LogP contribution in [0.1, 0.15) is 24.5 Å². The lowest BCUT2D eigenvalue weighted by atomic mass is 9.78. The second kappa shape index (κ2) is 4.86. The first-order chi connectivity index (χ1) is 8.75. The van der Waals surface area contributed by atoms with Gasteiger partial charge in [-0.1, -0.05) is 24.3 Å². The maximum atomic E-state index is 11.8. The van der Waals surface area contributed by atoms with Crippen molar-refractivity contribution in [2.45, 2.75) is 31.5 Å². The third kappa shape index (κ3) is 2.67. The highest BCUT2D eigenvalue weighted by Gasteiger charge is 2.42. The quantitative estimate of drug-likeness (QED) is 0.901. The monoisotopic (exact) mass is 285 g/mol. The fraction of sp³-hybridized carbons (Fsp3) is 0.538. The van der Waals surface area contributed by atoms with Gasteiger partial charge in [0.25, 0.3) is 0 Å². The van der Waals surface area contributed by atoms with E-state index in [0.717, 1.165) is 15.4 Å². The number of hydrogen-bond donors (Lipinski definition) is 1. The van der Waals surface area contributed by atoms with Gasteiger partial charge < -0.3 is 5.11 Å². The van der Waals surface area contributed by atoms with Crippen LogP contribution in [0, 0.1) is 0 Å². The van der Waals surface area contributed by atoms with Gasteiger partial charge in [0.2, 0.25) is 0 Å². The molecule has 0 saturated heterocycles. The maximum Gasteiger partial charge on any atom is 0.338 e. The zero-order valence-electron chi connectivity index (χ0n) is 11.3. The average Bonchev–Trinajstić information content (AvgIpc) is 2.33. The molecule has 0 bridgehead atoms. The molecule has 0 amide bonds. The number of aliphatic hydroxyl groups is 1. The van der Waals surface area contributed by atoms with Crippen molar-refractivity contribution in [1.29, 1.82) is 0 Å². The highest BCUT2D eigenvalue weighted by molar-refractivity contribution is 7.84. The summed E-state index contributed by atoms with van der Waals surface area (Å²) < 4.78 is 29.7. The van der Waals surface area contributed by atoms with Crippen LogP contribution in [0.15, 0.2) is 24.3 Å². The number of fused-ring (bicyclic) bond motifs is 1. The molecule has 0 spiro atoms. The van der Waals surface area contributed by atoms with Crippen LogP contribution in [0.25, 0.3) is 0 Å². The SMILES string of the molecule is CN(C)S(=O)(=O)OC1CCc2ccccc2C1(C)O. The lowest BCUT2D eigenvalue weighted by molar-refractivity contribution is -0.0626. The molecule has 0 saturated carbocycles. The smallest absolute Gasteiger partial charge is 0.338 e. The molecule has 2 rings (SSSR count). The summed E-state index contributed by atoms with van der Waals surface area (Å²) in [5.41, 5.74) is 0.465. The van der Waals surface area contributed by atoms with Gasteiger partial charge in [0.15, 0.2) is 0 Å². The van der Waals surface area contributed by atoms with Gasteiger partial charge in [0, 0.05) is 14.1 Å². The minimum atomic E-state index is -3.80. The van der Waals surface area contributed by atoms with E-state index in [2.05, 4.69) is 0 Å². The van der Waals surface area contributed by atoms with E-state index in [0.29, 0.717) is 12.8 Å². The van der Waals surface area contributed by atoms with Crippen LogP contribution in [-0.2, 0) is 26.5 Å². The molecule has 0 aliphatic heterocycles. The fourth-order valence-corrected chi connectivity index (χ4v) is 3.10. The van der Waals surface area contributed by atoms with Crippen molar-refractivity contribution in [3.63, 3.8) is 0 Å². The Morgan fingerprint density at radius 2 is 2.00 bits per heavy atom. The van der Waals surface area contributed by atoms with E-state index in [1.54, 1.807) is 6.92 Å². The standard InChI is InChI=1S/C13H19NO4S/c1-13(15)11-7-5-4-6-10(11)8-9-12(13)18-19(16,17)14(2)3/h4-7,12,15H,8-9H2,1-3H3. The van der Waals surface area contributed by atoms with E-state index in [1.807, 2.05) is 24.3 Å². The van der Waals surface area contributed by atoms with Crippen LogP contribution >= 0.6 is 0 Å². The third-order valence-electron chi connectivity index (χ3n) is 3.55. The van der Waals surface area contributed by atoms with Crippen LogP contribution < -0.4 is 0 Å². The Morgan fingerprint density at radius 1 is 1.37 bits per heavy atom. The van der Waals surface area contributed by atoms with Crippen molar-refractivity contribution in [3.05, 3.63) is 35.4 Å². The van der Waals surface area contributed by atoms with Gasteiger partial charge in [-0.15, -0.1) is 0 Å². The van der Waals surface area contributed by atoms with E-state index in [9.17, 15) is 13.5 Å². The molecule has 19 heavy (non-hydrogen) atoms. The van der Waals surface area contributed by atoms with Crippen LogP contribution in [0.2, 0.25) is 0 Å². The van der Waals surface area contributed by atoms with Crippen molar-refractivity contribution in [1.82, 2.24) is 4.31 Å². The molecule has 2 unspecified atom stereocenters. The van der Waals surface area contributed by atoms with Gasteiger partial charge in [0.1, 0.15) is 11.7 Å². The van der Waals surface area contributed by atoms with Crippen molar-refractivity contribution in [3.8, 4) is 0 Å². The van der Waals surface area contributed by atoms with Gasteiger partial charge >= 0.3 is 10.3 Å². The Balaban J connectivity index is 2.32. The third-order valence-corrected chi connectivity index (χ3v) is 4.92. The second-order valence-corrected chi connectivity index (χ2v) is 6.95. The zero-order valence-corrected chi connectivity index (χ0v) is 12.1. The van der Waals surface area contributed by atoms with Gasteiger partial charge in [0.05, 0.1) is 0 Å². The Bertz CT molecular complexity index is 566. The summed E-state index contributed by atoms with van der Waals surface area (Å²) in [5.74, 6) is 0. The fourth-order valence-electron chi connectivity index (χ4n) is 2.35. The molecule has 0 heterocycles. The molecule has 1 aromatic rings. The van der Waals surface area contributed by atoms with Crippen molar-refractivity contribution >= 4 is 10.3 Å². The first-order valence-electron chi connectivity index (χ1n) is 6.16. The van der Waals surface area contributed by atoms with Crippen LogP contribution in [-0.4, -0.2) is 38.0 Å². The topological polar surface area (TPSA) is 66.8 Å². The Hall–Kier alpha value is -0.950. The highest BCUT2D eigenvalue weighted by Crippen LogP contribution is 2.37. The minimum Gasteiger partial charge on any atom is -0.383 e. The molecule has 0 aromatic heterocycles. The summed E-state index contributed by atoms with van der Waals surface area (Å²) in [7, 11) is -0.991. The molecule has 5 nitrogen and oxygen atoms in total. The number of rotatable bonds is 3. The highest BCUT2D eigenvalue weighted by atomic mass is 32.2. The minimum absolute atomic E-state index is 0.469. The summed E-state index contributed by atoms with van der Waals surface area (Å²) in [6.45, 7) is 1.60. The van der Waals surface area contributed by atoms with E-state index >= 15 is 0 Å². The summed E-state index contributed by atoms with van der Waals surface area (Å²) in [6.07, 6.45) is 0.395. The average molecular weight is 285 g/mol. The van der Waals surface area contributed by atoms with Crippen molar-refractivity contribution in [2.24, 2.45) is 0 Å². The molecular weight excluding hydrogens is 266 g/mol. The van der Waals surface area contributed by atoms with Crippen molar-refractivity contribution < 1.29 is 17.7 Å². The maximum absolute atomic E-state index is 11.8. The Morgan fingerprint density at radius 3 is 2.63 bits per heavy atom. The summed E-state index contributed by atoms with van der Waals surface area (Å²) in [5, 5.41) is 10.6. The molecule has 1 aliphatic carbocycles. The lowest BCUT2D eigenvalue weighted by Gasteiger charge is -2.38. The normalized spacial score (nSPS) is 27.3. The van der Waals surface area contributed by atoms with Crippen LogP contribution in [0.5, 0.6) is 0 Å². The molecule has 106 valence electrons. The van der Waals surface area contributed by atoms with Crippen LogP contribution in [0.4, 0.5) is 0 Å². The zero-order chi connectivity index (χ0) is 14.3. The van der Waals surface area contributed by atoms with Gasteiger partial charge in [-0.2, -0.15) is 12.7 Å². The Labute approximate surface area is 114 Å². The molecule has 1 aromatic carbocycles.